The van der Waals surface area contributed by atoms with Gasteiger partial charge in [0, 0.05) is 49.5 Å². The van der Waals surface area contributed by atoms with Crippen LogP contribution in [0.5, 0.6) is 5.75 Å². The summed E-state index contributed by atoms with van der Waals surface area (Å²) in [5, 5.41) is 12.3. The number of nitrogens with zero attached hydrogens (tertiary/aromatic N) is 4. The molecule has 1 fully saturated rings. The van der Waals surface area contributed by atoms with Gasteiger partial charge in [-0.25, -0.2) is 14.4 Å². The molecule has 2 heterocycles. The van der Waals surface area contributed by atoms with Crippen molar-refractivity contribution in [2.75, 3.05) is 31.1 Å². The number of rotatable bonds is 4. The van der Waals surface area contributed by atoms with Crippen LogP contribution in [0.25, 0.3) is 32.8 Å². The fourth-order valence-electron chi connectivity index (χ4n) is 4.82. The first-order valence-electron chi connectivity index (χ1n) is 12.2. The molecule has 0 bridgehead atoms. The zero-order valence-electron chi connectivity index (χ0n) is 20.6. The first-order valence-corrected chi connectivity index (χ1v) is 12.6. The van der Waals surface area contributed by atoms with Crippen LogP contribution in [0, 0.1) is 5.82 Å². The molecule has 0 unspecified atom stereocenters. The first kappa shape index (κ1) is 24.3. The summed E-state index contributed by atoms with van der Waals surface area (Å²) in [5.74, 6) is 0.970. The van der Waals surface area contributed by atoms with Gasteiger partial charge in [-0.3, -0.25) is 4.79 Å². The maximum atomic E-state index is 16.3. The van der Waals surface area contributed by atoms with Crippen molar-refractivity contribution in [1.82, 2.24) is 14.9 Å². The number of phenolic OH excluding ortho intramolecular Hbond substituents is 1. The molecule has 1 aliphatic heterocycles. The van der Waals surface area contributed by atoms with Crippen LogP contribution in [0.2, 0.25) is 5.02 Å². The molecule has 1 amide bonds. The highest BCUT2D eigenvalue weighted by Gasteiger charge is 2.26. The summed E-state index contributed by atoms with van der Waals surface area (Å²) < 4.78 is 16.3. The van der Waals surface area contributed by atoms with Crippen molar-refractivity contribution in [3.63, 3.8) is 0 Å². The van der Waals surface area contributed by atoms with Crippen LogP contribution in [-0.2, 0) is 4.79 Å². The molecule has 0 aliphatic carbocycles. The predicted octanol–water partition coefficient (Wildman–Crippen LogP) is 6.13. The fourth-order valence-corrected chi connectivity index (χ4v) is 5.12. The van der Waals surface area contributed by atoms with E-state index < -0.39 is 5.82 Å². The Morgan fingerprint density at radius 1 is 1.08 bits per heavy atom. The van der Waals surface area contributed by atoms with Gasteiger partial charge in [-0.15, -0.1) is 0 Å². The van der Waals surface area contributed by atoms with Crippen LogP contribution >= 0.6 is 11.6 Å². The van der Waals surface area contributed by atoms with Crippen LogP contribution in [0.1, 0.15) is 38.9 Å². The maximum Gasteiger partial charge on any atom is 0.222 e. The minimum atomic E-state index is -0.497. The molecule has 0 saturated carbocycles. The highest BCUT2D eigenvalue weighted by Crippen LogP contribution is 2.41. The van der Waals surface area contributed by atoms with Crippen molar-refractivity contribution in [3.8, 4) is 16.9 Å². The van der Waals surface area contributed by atoms with Crippen LogP contribution in [0.15, 0.2) is 42.5 Å². The second-order valence-corrected chi connectivity index (χ2v) is 9.84. The van der Waals surface area contributed by atoms with Gasteiger partial charge in [0.25, 0.3) is 0 Å². The average molecular weight is 507 g/mol. The highest BCUT2D eigenvalue weighted by molar-refractivity contribution is 6.35. The molecule has 0 atom stereocenters. The third-order valence-corrected chi connectivity index (χ3v) is 7.06. The summed E-state index contributed by atoms with van der Waals surface area (Å²) in [7, 11) is 0. The van der Waals surface area contributed by atoms with Gasteiger partial charge >= 0.3 is 0 Å². The fraction of sp³-hybridized carbons (Fsp3) is 0.321. The van der Waals surface area contributed by atoms with E-state index in [0.717, 1.165) is 10.8 Å². The van der Waals surface area contributed by atoms with Crippen LogP contribution in [0.4, 0.5) is 10.2 Å². The Bertz CT molecular complexity index is 1480. The van der Waals surface area contributed by atoms with Gasteiger partial charge in [0.2, 0.25) is 5.91 Å². The van der Waals surface area contributed by atoms with E-state index >= 15 is 4.39 Å². The molecule has 1 N–H and O–H groups in total. The summed E-state index contributed by atoms with van der Waals surface area (Å²) >= 11 is 6.76. The largest absolute Gasteiger partial charge is 0.508 e. The minimum absolute atomic E-state index is 0.00448. The van der Waals surface area contributed by atoms with Gasteiger partial charge in [-0.1, -0.05) is 56.6 Å². The number of aromatic hydroxyl groups is 1. The second kappa shape index (κ2) is 9.54. The SMILES string of the molecule is CCC(=O)N1CCN(c2nc(C(C)C)nc3c(F)c(-c4cccc5cc(O)ccc45)c(Cl)cc23)CC1. The number of piperazine rings is 1. The van der Waals surface area contributed by atoms with Crippen LogP contribution in [0.3, 0.4) is 0 Å². The van der Waals surface area contributed by atoms with Crippen LogP contribution in [-0.4, -0.2) is 52.1 Å². The van der Waals surface area contributed by atoms with E-state index in [-0.39, 0.29) is 33.7 Å². The number of hydrogen-bond acceptors (Lipinski definition) is 5. The Balaban J connectivity index is 1.68. The maximum absolute atomic E-state index is 16.3. The van der Waals surface area contributed by atoms with E-state index in [1.807, 2.05) is 43.9 Å². The smallest absolute Gasteiger partial charge is 0.222 e. The first-order chi connectivity index (χ1) is 17.3. The summed E-state index contributed by atoms with van der Waals surface area (Å²) in [6.45, 7) is 8.21. The number of phenols is 1. The highest BCUT2D eigenvalue weighted by atomic mass is 35.5. The third-order valence-electron chi connectivity index (χ3n) is 6.76. The average Bonchev–Trinajstić information content (AvgIpc) is 2.87. The van der Waals surface area contributed by atoms with Crippen molar-refractivity contribution in [2.45, 2.75) is 33.1 Å². The Labute approximate surface area is 214 Å². The van der Waals surface area contributed by atoms with Gasteiger partial charge in [0.1, 0.15) is 22.9 Å². The molecule has 0 radical (unpaired) electrons. The lowest BCUT2D eigenvalue weighted by atomic mass is 9.96. The van der Waals surface area contributed by atoms with E-state index in [2.05, 4.69) is 9.88 Å². The Morgan fingerprint density at radius 3 is 2.53 bits per heavy atom. The molecule has 6 nitrogen and oxygen atoms in total. The van der Waals surface area contributed by atoms with E-state index in [0.29, 0.717) is 55.2 Å². The Kier molecular flexibility index (Phi) is 6.43. The molecule has 186 valence electrons. The summed E-state index contributed by atoms with van der Waals surface area (Å²) in [4.78, 5) is 25.5. The Hall–Kier alpha value is -3.45. The Morgan fingerprint density at radius 2 is 1.83 bits per heavy atom. The van der Waals surface area contributed by atoms with Crippen molar-refractivity contribution >= 4 is 45.0 Å². The number of fused-ring (bicyclic) bond motifs is 2. The molecular formula is C28H28ClFN4O2. The minimum Gasteiger partial charge on any atom is -0.508 e. The lowest BCUT2D eigenvalue weighted by Gasteiger charge is -2.36. The van der Waals surface area contributed by atoms with Crippen LogP contribution < -0.4 is 4.90 Å². The second-order valence-electron chi connectivity index (χ2n) is 9.44. The molecular weight excluding hydrogens is 479 g/mol. The van der Waals surface area contributed by atoms with Crippen molar-refractivity contribution in [1.29, 1.82) is 0 Å². The molecule has 0 spiro atoms. The van der Waals surface area contributed by atoms with E-state index in [1.54, 1.807) is 24.3 Å². The lowest BCUT2D eigenvalue weighted by Crippen LogP contribution is -2.49. The third kappa shape index (κ3) is 4.22. The zero-order valence-corrected chi connectivity index (χ0v) is 21.3. The molecule has 3 aromatic carbocycles. The molecule has 5 rings (SSSR count). The number of aromatic nitrogens is 2. The number of halogens is 2. The molecule has 1 saturated heterocycles. The number of anilines is 1. The number of carbonyl (C=O) groups is 1. The number of carbonyl (C=O) groups excluding carboxylic acids is 1. The molecule has 8 heteroatoms. The monoisotopic (exact) mass is 506 g/mol. The number of benzene rings is 3. The van der Waals surface area contributed by atoms with Crippen molar-refractivity contribution < 1.29 is 14.3 Å². The lowest BCUT2D eigenvalue weighted by molar-refractivity contribution is -0.131. The summed E-state index contributed by atoms with van der Waals surface area (Å²) in [6, 6.07) is 12.2. The van der Waals surface area contributed by atoms with E-state index in [9.17, 15) is 9.90 Å². The predicted molar refractivity (Wildman–Crippen MR) is 142 cm³/mol. The quantitative estimate of drug-likeness (QED) is 0.360. The van der Waals surface area contributed by atoms with Gasteiger partial charge in [0.15, 0.2) is 5.82 Å². The zero-order chi connectivity index (χ0) is 25.6. The summed E-state index contributed by atoms with van der Waals surface area (Å²) in [5.41, 5.74) is 1.14. The number of amides is 1. The summed E-state index contributed by atoms with van der Waals surface area (Å²) in [6.07, 6.45) is 0.477. The van der Waals surface area contributed by atoms with Gasteiger partial charge < -0.3 is 14.9 Å². The van der Waals surface area contributed by atoms with Gasteiger partial charge in [-0.05, 0) is 34.5 Å². The molecule has 1 aromatic heterocycles. The van der Waals surface area contributed by atoms with E-state index in [4.69, 9.17) is 16.6 Å². The standard InChI is InChI=1S/C28H28ClFN4O2/c1-4-23(36)33-10-12-34(13-11-33)28-21-15-22(29)24(25(30)26(21)31-27(32-28)16(2)3)20-7-5-6-17-14-18(35)8-9-19(17)20/h5-9,14-16,35H,4,10-13H2,1-3H3. The molecule has 4 aromatic rings. The van der Waals surface area contributed by atoms with Crippen molar-refractivity contribution in [2.24, 2.45) is 0 Å². The van der Waals surface area contributed by atoms with Crippen molar-refractivity contribution in [3.05, 3.63) is 59.1 Å². The number of hydrogen-bond donors (Lipinski definition) is 1. The normalized spacial score (nSPS) is 14.3. The topological polar surface area (TPSA) is 69.6 Å². The molecule has 36 heavy (non-hydrogen) atoms. The van der Waals surface area contributed by atoms with Gasteiger partial charge in [0.05, 0.1) is 5.02 Å². The van der Waals surface area contributed by atoms with Gasteiger partial charge in [-0.2, -0.15) is 0 Å². The molecule has 1 aliphatic rings. The van der Waals surface area contributed by atoms with E-state index in [1.165, 1.54) is 0 Å².